The van der Waals surface area contributed by atoms with Crippen LogP contribution in [0.3, 0.4) is 0 Å². The smallest absolute Gasteiger partial charge is 0.225 e. The first kappa shape index (κ1) is 19.7. The Morgan fingerprint density at radius 3 is 2.76 bits per heavy atom. The van der Waals surface area contributed by atoms with E-state index in [1.165, 1.54) is 0 Å². The summed E-state index contributed by atoms with van der Waals surface area (Å²) in [6.45, 7) is 1.42. The highest BCUT2D eigenvalue weighted by Gasteiger charge is 2.35. The second kappa shape index (κ2) is 8.42. The molecule has 3 N–H and O–H groups in total. The summed E-state index contributed by atoms with van der Waals surface area (Å²) >= 11 is 0. The Morgan fingerprint density at radius 1 is 1.24 bits per heavy atom. The van der Waals surface area contributed by atoms with Crippen molar-refractivity contribution in [2.75, 3.05) is 25.4 Å². The Morgan fingerprint density at radius 2 is 2.00 bits per heavy atom. The quantitative estimate of drug-likeness (QED) is 0.812. The van der Waals surface area contributed by atoms with Gasteiger partial charge in [-0.25, -0.2) is 15.0 Å². The normalized spacial score (nSPS) is 21.7. The molecule has 2 aliphatic rings. The van der Waals surface area contributed by atoms with E-state index in [0.29, 0.717) is 32.5 Å². The van der Waals surface area contributed by atoms with Gasteiger partial charge in [0.15, 0.2) is 0 Å². The Hall–Kier alpha value is -2.58. The van der Waals surface area contributed by atoms with E-state index in [4.69, 9.17) is 10.5 Å². The van der Waals surface area contributed by atoms with Gasteiger partial charge < -0.3 is 20.5 Å². The number of rotatable bonds is 4. The van der Waals surface area contributed by atoms with Gasteiger partial charge in [0.2, 0.25) is 11.9 Å². The van der Waals surface area contributed by atoms with Crippen LogP contribution in [0.5, 0.6) is 0 Å². The van der Waals surface area contributed by atoms with E-state index in [-0.39, 0.29) is 24.4 Å². The zero-order valence-electron chi connectivity index (χ0n) is 16.5. The van der Waals surface area contributed by atoms with E-state index >= 15 is 0 Å². The number of anilines is 1. The van der Waals surface area contributed by atoms with Gasteiger partial charge in [-0.3, -0.25) is 4.79 Å². The lowest BCUT2D eigenvalue weighted by molar-refractivity contribution is -0.145. The number of nitrogens with zero attached hydrogens (tertiary/aromatic N) is 4. The molecule has 1 aliphatic heterocycles. The van der Waals surface area contributed by atoms with Gasteiger partial charge in [0.25, 0.3) is 0 Å². The molecule has 0 radical (unpaired) electrons. The fourth-order valence-corrected chi connectivity index (χ4v) is 4.10. The van der Waals surface area contributed by atoms with Gasteiger partial charge in [-0.05, 0) is 25.0 Å². The van der Waals surface area contributed by atoms with Crippen LogP contribution < -0.4 is 5.73 Å². The van der Waals surface area contributed by atoms with Gasteiger partial charge in [-0.2, -0.15) is 0 Å². The minimum atomic E-state index is -0.851. The Labute approximate surface area is 170 Å². The molecule has 2 aromatic rings. The second-order valence-electron chi connectivity index (χ2n) is 7.94. The fourth-order valence-electron chi connectivity index (χ4n) is 4.10. The topological polar surface area (TPSA) is 114 Å². The Kier molecular flexibility index (Phi) is 5.73. The molecular weight excluding hydrogens is 370 g/mol. The minimum Gasteiger partial charge on any atom is -0.389 e. The molecule has 4 rings (SSSR count). The first-order valence-corrected chi connectivity index (χ1v) is 10.2. The SMILES string of the molecule is Nc1ncc(-c2cccc([C@@H]3CN(C(=O)CC4(O)CCCCC4)CCO3)n2)cn1. The van der Waals surface area contributed by atoms with Crippen LogP contribution in [0.4, 0.5) is 5.95 Å². The number of ether oxygens (including phenoxy) is 1. The first-order valence-electron chi connectivity index (χ1n) is 10.2. The van der Waals surface area contributed by atoms with Gasteiger partial charge >= 0.3 is 0 Å². The van der Waals surface area contributed by atoms with Crippen LogP contribution >= 0.6 is 0 Å². The molecule has 1 saturated heterocycles. The van der Waals surface area contributed by atoms with Crippen LogP contribution in [0.2, 0.25) is 0 Å². The van der Waals surface area contributed by atoms with Crippen LogP contribution in [-0.2, 0) is 9.53 Å². The number of aliphatic hydroxyl groups is 1. The number of hydrogen-bond donors (Lipinski definition) is 2. The third-order valence-electron chi connectivity index (χ3n) is 5.75. The highest BCUT2D eigenvalue weighted by molar-refractivity contribution is 5.77. The lowest BCUT2D eigenvalue weighted by Crippen LogP contribution is -2.46. The van der Waals surface area contributed by atoms with E-state index < -0.39 is 5.60 Å². The summed E-state index contributed by atoms with van der Waals surface area (Å²) in [6, 6.07) is 5.68. The van der Waals surface area contributed by atoms with Crippen LogP contribution in [0, 0.1) is 0 Å². The van der Waals surface area contributed by atoms with Crippen molar-refractivity contribution in [1.82, 2.24) is 19.9 Å². The summed E-state index contributed by atoms with van der Waals surface area (Å²) < 4.78 is 5.90. The molecule has 1 amide bonds. The number of hydrogen-bond acceptors (Lipinski definition) is 7. The molecular formula is C21H27N5O3. The molecule has 1 aliphatic carbocycles. The number of nitrogens with two attached hydrogens (primary N) is 1. The number of nitrogen functional groups attached to an aromatic ring is 1. The molecule has 154 valence electrons. The largest absolute Gasteiger partial charge is 0.389 e. The highest BCUT2D eigenvalue weighted by Crippen LogP contribution is 2.32. The molecule has 0 spiro atoms. The Bertz CT molecular complexity index is 852. The van der Waals surface area contributed by atoms with Gasteiger partial charge in [0.1, 0.15) is 6.10 Å². The summed E-state index contributed by atoms with van der Waals surface area (Å²) in [4.78, 5) is 27.3. The maximum Gasteiger partial charge on any atom is 0.225 e. The van der Waals surface area contributed by atoms with E-state index in [9.17, 15) is 9.90 Å². The van der Waals surface area contributed by atoms with Gasteiger partial charge in [-0.1, -0.05) is 25.3 Å². The monoisotopic (exact) mass is 397 g/mol. The number of carbonyl (C=O) groups excluding carboxylic acids is 1. The average molecular weight is 397 g/mol. The van der Waals surface area contributed by atoms with Crippen molar-refractivity contribution in [2.24, 2.45) is 0 Å². The van der Waals surface area contributed by atoms with Crippen LogP contribution in [0.1, 0.15) is 50.3 Å². The van der Waals surface area contributed by atoms with Crippen molar-refractivity contribution < 1.29 is 14.6 Å². The predicted molar refractivity (Wildman–Crippen MR) is 108 cm³/mol. The average Bonchev–Trinajstić information content (AvgIpc) is 2.75. The molecule has 29 heavy (non-hydrogen) atoms. The van der Waals surface area contributed by atoms with Crippen LogP contribution in [0.15, 0.2) is 30.6 Å². The lowest BCUT2D eigenvalue weighted by atomic mass is 9.82. The van der Waals surface area contributed by atoms with Crippen molar-refractivity contribution >= 4 is 11.9 Å². The standard InChI is InChI=1S/C21H27N5O3/c22-20-23-12-15(13-24-20)16-5-4-6-17(25-16)18-14-26(9-10-29-18)19(27)11-21(28)7-2-1-3-8-21/h4-6,12-13,18,28H,1-3,7-11,14H2,(H2,22,23,24)/t18-/m0/s1. The highest BCUT2D eigenvalue weighted by atomic mass is 16.5. The fraction of sp³-hybridized carbons (Fsp3) is 0.524. The Balaban J connectivity index is 1.45. The molecule has 0 bridgehead atoms. The predicted octanol–water partition coefficient (Wildman–Crippen LogP) is 2.11. The van der Waals surface area contributed by atoms with Crippen molar-refractivity contribution in [3.63, 3.8) is 0 Å². The van der Waals surface area contributed by atoms with Crippen molar-refractivity contribution in [3.8, 4) is 11.3 Å². The molecule has 2 aromatic heterocycles. The third kappa shape index (κ3) is 4.71. The molecule has 2 fully saturated rings. The van der Waals surface area contributed by atoms with Crippen LogP contribution in [0.25, 0.3) is 11.3 Å². The number of carbonyl (C=O) groups is 1. The number of morpholine rings is 1. The summed E-state index contributed by atoms with van der Waals surface area (Å²) in [5.41, 5.74) is 6.96. The third-order valence-corrected chi connectivity index (χ3v) is 5.75. The van der Waals surface area contributed by atoms with E-state index in [0.717, 1.165) is 36.2 Å². The summed E-state index contributed by atoms with van der Waals surface area (Å²) in [7, 11) is 0. The summed E-state index contributed by atoms with van der Waals surface area (Å²) in [5.74, 6) is 0.208. The van der Waals surface area contributed by atoms with E-state index in [1.807, 2.05) is 18.2 Å². The minimum absolute atomic E-state index is 0.00853. The summed E-state index contributed by atoms with van der Waals surface area (Å²) in [6.07, 6.45) is 7.69. The van der Waals surface area contributed by atoms with Gasteiger partial charge in [-0.15, -0.1) is 0 Å². The first-order chi connectivity index (χ1) is 14.0. The maximum atomic E-state index is 12.8. The number of amides is 1. The molecule has 8 heteroatoms. The number of pyridine rings is 1. The lowest BCUT2D eigenvalue weighted by Gasteiger charge is -2.37. The number of aromatic nitrogens is 3. The zero-order valence-corrected chi connectivity index (χ0v) is 16.5. The molecule has 3 heterocycles. The molecule has 0 aromatic carbocycles. The van der Waals surface area contributed by atoms with Crippen molar-refractivity contribution in [3.05, 3.63) is 36.3 Å². The van der Waals surface area contributed by atoms with Crippen molar-refractivity contribution in [1.29, 1.82) is 0 Å². The molecule has 1 atom stereocenters. The molecule has 8 nitrogen and oxygen atoms in total. The molecule has 1 saturated carbocycles. The molecule has 0 unspecified atom stereocenters. The maximum absolute atomic E-state index is 12.8. The van der Waals surface area contributed by atoms with Gasteiger partial charge in [0, 0.05) is 24.5 Å². The van der Waals surface area contributed by atoms with E-state index in [1.54, 1.807) is 17.3 Å². The van der Waals surface area contributed by atoms with Gasteiger partial charge in [0.05, 0.1) is 36.6 Å². The van der Waals surface area contributed by atoms with E-state index in [2.05, 4.69) is 15.0 Å². The zero-order chi connectivity index (χ0) is 20.3. The van der Waals surface area contributed by atoms with Crippen molar-refractivity contribution in [2.45, 2.75) is 50.2 Å². The van der Waals surface area contributed by atoms with Crippen LogP contribution in [-0.4, -0.2) is 56.2 Å². The summed E-state index contributed by atoms with van der Waals surface area (Å²) in [5, 5.41) is 10.7. The second-order valence-corrected chi connectivity index (χ2v) is 7.94.